The summed E-state index contributed by atoms with van der Waals surface area (Å²) in [6, 6.07) is 13.5. The molecule has 0 aromatic heterocycles. The van der Waals surface area contributed by atoms with Crippen molar-refractivity contribution in [3.05, 3.63) is 57.2 Å². The quantitative estimate of drug-likeness (QED) is 0.610. The zero-order chi connectivity index (χ0) is 14.1. The summed E-state index contributed by atoms with van der Waals surface area (Å²) in [6.07, 6.45) is 2.00. The highest BCUT2D eigenvalue weighted by atomic mass is 127. The van der Waals surface area contributed by atoms with Crippen molar-refractivity contribution in [2.45, 2.75) is 12.8 Å². The molecule has 0 aliphatic carbocycles. The first kappa shape index (κ1) is 13.4. The van der Waals surface area contributed by atoms with Crippen LogP contribution in [-0.2, 0) is 6.42 Å². The van der Waals surface area contributed by atoms with E-state index in [1.165, 1.54) is 5.56 Å². The van der Waals surface area contributed by atoms with E-state index in [2.05, 4.69) is 22.6 Å². The normalized spacial score (nSPS) is 13.9. The molecule has 102 valence electrons. The van der Waals surface area contributed by atoms with Gasteiger partial charge in [0.1, 0.15) is 0 Å². The topological polar surface area (TPSA) is 46.3 Å². The summed E-state index contributed by atoms with van der Waals surface area (Å²) in [4.78, 5) is 14.6. The second kappa shape index (κ2) is 5.44. The van der Waals surface area contributed by atoms with Gasteiger partial charge in [0.15, 0.2) is 0 Å². The lowest BCUT2D eigenvalue weighted by Crippen LogP contribution is -2.35. The molecule has 1 amide bonds. The summed E-state index contributed by atoms with van der Waals surface area (Å²) >= 11 is 2.22. The summed E-state index contributed by atoms with van der Waals surface area (Å²) in [7, 11) is 0. The van der Waals surface area contributed by atoms with Crippen LogP contribution in [0.5, 0.6) is 0 Å². The Balaban J connectivity index is 2.00. The molecule has 3 rings (SSSR count). The number of carbonyl (C=O) groups excluding carboxylic acids is 1. The molecule has 2 aromatic rings. The second-order valence-corrected chi connectivity index (χ2v) is 6.20. The molecule has 0 saturated heterocycles. The molecule has 20 heavy (non-hydrogen) atoms. The number of amides is 1. The SMILES string of the molecule is Nc1ccc2c(c1)N(C(=O)c1cccc(I)c1)CCC2. The highest BCUT2D eigenvalue weighted by molar-refractivity contribution is 14.1. The number of nitrogen functional groups attached to an aromatic ring is 1. The molecule has 1 aliphatic heterocycles. The van der Waals surface area contributed by atoms with Gasteiger partial charge in [0.2, 0.25) is 0 Å². The van der Waals surface area contributed by atoms with E-state index in [0.29, 0.717) is 5.69 Å². The first-order valence-corrected chi connectivity index (χ1v) is 7.69. The van der Waals surface area contributed by atoms with E-state index in [9.17, 15) is 4.79 Å². The fourth-order valence-corrected chi connectivity index (χ4v) is 3.12. The smallest absolute Gasteiger partial charge is 0.258 e. The van der Waals surface area contributed by atoms with Crippen LogP contribution in [-0.4, -0.2) is 12.5 Å². The maximum Gasteiger partial charge on any atom is 0.258 e. The molecule has 1 heterocycles. The standard InChI is InChI=1S/C16H15IN2O/c17-13-5-1-3-12(9-13)16(20)19-8-2-4-11-6-7-14(18)10-15(11)19/h1,3,5-7,9-10H,2,4,8,18H2. The molecular weight excluding hydrogens is 363 g/mol. The minimum Gasteiger partial charge on any atom is -0.399 e. The van der Waals surface area contributed by atoms with Crippen LogP contribution in [0.2, 0.25) is 0 Å². The molecule has 1 aliphatic rings. The largest absolute Gasteiger partial charge is 0.399 e. The summed E-state index contributed by atoms with van der Waals surface area (Å²) < 4.78 is 1.07. The summed E-state index contributed by atoms with van der Waals surface area (Å²) in [5, 5.41) is 0. The van der Waals surface area contributed by atoms with E-state index >= 15 is 0 Å². The van der Waals surface area contributed by atoms with Crippen molar-refractivity contribution in [2.24, 2.45) is 0 Å². The van der Waals surface area contributed by atoms with Gasteiger partial charge in [0, 0.05) is 27.1 Å². The molecule has 0 radical (unpaired) electrons. The van der Waals surface area contributed by atoms with Crippen LogP contribution >= 0.6 is 22.6 Å². The van der Waals surface area contributed by atoms with Gasteiger partial charge in [-0.25, -0.2) is 0 Å². The van der Waals surface area contributed by atoms with E-state index in [1.807, 2.05) is 47.4 Å². The third-order valence-corrected chi connectivity index (χ3v) is 4.22. The molecular formula is C16H15IN2O. The number of hydrogen-bond donors (Lipinski definition) is 1. The zero-order valence-electron chi connectivity index (χ0n) is 11.0. The lowest BCUT2D eigenvalue weighted by Gasteiger charge is -2.30. The molecule has 0 spiro atoms. The molecule has 0 fully saturated rings. The number of hydrogen-bond acceptors (Lipinski definition) is 2. The fourth-order valence-electron chi connectivity index (χ4n) is 2.58. The van der Waals surface area contributed by atoms with Gasteiger partial charge in [-0.15, -0.1) is 0 Å². The molecule has 3 nitrogen and oxygen atoms in total. The van der Waals surface area contributed by atoms with Gasteiger partial charge in [0.05, 0.1) is 0 Å². The van der Waals surface area contributed by atoms with Crippen LogP contribution in [0.3, 0.4) is 0 Å². The predicted molar refractivity (Wildman–Crippen MR) is 90.0 cm³/mol. The Morgan fingerprint density at radius 2 is 2.05 bits per heavy atom. The van der Waals surface area contributed by atoms with E-state index in [4.69, 9.17) is 5.73 Å². The molecule has 2 N–H and O–H groups in total. The average molecular weight is 378 g/mol. The number of aryl methyl sites for hydroxylation is 1. The van der Waals surface area contributed by atoms with Gasteiger partial charge in [0.25, 0.3) is 5.91 Å². The van der Waals surface area contributed by atoms with E-state index in [0.717, 1.165) is 34.2 Å². The van der Waals surface area contributed by atoms with Crippen molar-refractivity contribution in [1.29, 1.82) is 0 Å². The van der Waals surface area contributed by atoms with Crippen LogP contribution in [0.15, 0.2) is 42.5 Å². The lowest BCUT2D eigenvalue weighted by atomic mass is 10.00. The highest BCUT2D eigenvalue weighted by Gasteiger charge is 2.23. The molecule has 4 heteroatoms. The Hall–Kier alpha value is -1.56. The van der Waals surface area contributed by atoms with Crippen molar-refractivity contribution < 1.29 is 4.79 Å². The van der Waals surface area contributed by atoms with Gasteiger partial charge < -0.3 is 10.6 Å². The van der Waals surface area contributed by atoms with Crippen LogP contribution in [0.4, 0.5) is 11.4 Å². The number of benzene rings is 2. The summed E-state index contributed by atoms with van der Waals surface area (Å²) in [5.74, 6) is 0.0510. The first-order valence-electron chi connectivity index (χ1n) is 6.61. The van der Waals surface area contributed by atoms with Crippen molar-refractivity contribution >= 4 is 39.9 Å². The third-order valence-electron chi connectivity index (χ3n) is 3.54. The zero-order valence-corrected chi connectivity index (χ0v) is 13.1. The van der Waals surface area contributed by atoms with E-state index in [-0.39, 0.29) is 5.91 Å². The van der Waals surface area contributed by atoms with Crippen molar-refractivity contribution in [1.82, 2.24) is 0 Å². The Labute approximate surface area is 131 Å². The summed E-state index contributed by atoms with van der Waals surface area (Å²) in [5.41, 5.74) is 9.45. The highest BCUT2D eigenvalue weighted by Crippen LogP contribution is 2.30. The molecule has 0 unspecified atom stereocenters. The maximum atomic E-state index is 12.7. The number of halogens is 1. The van der Waals surface area contributed by atoms with Crippen molar-refractivity contribution in [2.75, 3.05) is 17.2 Å². The number of nitrogens with two attached hydrogens (primary N) is 1. The number of fused-ring (bicyclic) bond motifs is 1. The van der Waals surface area contributed by atoms with Crippen molar-refractivity contribution in [3.63, 3.8) is 0 Å². The van der Waals surface area contributed by atoms with Crippen LogP contribution in [0.25, 0.3) is 0 Å². The minimum atomic E-state index is 0.0510. The fraction of sp³-hybridized carbons (Fsp3) is 0.188. The maximum absolute atomic E-state index is 12.7. The predicted octanol–water partition coefficient (Wildman–Crippen LogP) is 3.47. The monoisotopic (exact) mass is 378 g/mol. The Morgan fingerprint density at radius 1 is 1.20 bits per heavy atom. The number of anilines is 2. The van der Waals surface area contributed by atoms with E-state index in [1.54, 1.807) is 0 Å². The molecule has 2 aromatic carbocycles. The first-order chi connectivity index (χ1) is 9.65. The molecule has 0 saturated carbocycles. The minimum absolute atomic E-state index is 0.0510. The number of nitrogens with zero attached hydrogens (tertiary/aromatic N) is 1. The third kappa shape index (κ3) is 2.52. The Bertz CT molecular complexity index is 669. The van der Waals surface area contributed by atoms with Crippen LogP contribution in [0.1, 0.15) is 22.3 Å². The molecule has 0 bridgehead atoms. The average Bonchev–Trinajstić information content (AvgIpc) is 2.46. The Morgan fingerprint density at radius 3 is 2.85 bits per heavy atom. The number of carbonyl (C=O) groups is 1. The van der Waals surface area contributed by atoms with Gasteiger partial charge in [-0.05, 0) is 71.3 Å². The van der Waals surface area contributed by atoms with Crippen LogP contribution < -0.4 is 10.6 Å². The van der Waals surface area contributed by atoms with Gasteiger partial charge >= 0.3 is 0 Å². The second-order valence-electron chi connectivity index (χ2n) is 4.96. The molecule has 0 atom stereocenters. The lowest BCUT2D eigenvalue weighted by molar-refractivity contribution is 0.0985. The van der Waals surface area contributed by atoms with Crippen molar-refractivity contribution in [3.8, 4) is 0 Å². The van der Waals surface area contributed by atoms with Gasteiger partial charge in [-0.3, -0.25) is 4.79 Å². The number of rotatable bonds is 1. The van der Waals surface area contributed by atoms with E-state index < -0.39 is 0 Å². The van der Waals surface area contributed by atoms with Gasteiger partial charge in [-0.1, -0.05) is 12.1 Å². The Kier molecular flexibility index (Phi) is 3.65. The van der Waals surface area contributed by atoms with Crippen LogP contribution in [0, 0.1) is 3.57 Å². The van der Waals surface area contributed by atoms with Gasteiger partial charge in [-0.2, -0.15) is 0 Å². The summed E-state index contributed by atoms with van der Waals surface area (Å²) in [6.45, 7) is 0.751.